The molecule has 0 spiro atoms. The predicted octanol–water partition coefficient (Wildman–Crippen LogP) is 3.55. The highest BCUT2D eigenvalue weighted by Crippen LogP contribution is 2.52. The van der Waals surface area contributed by atoms with Gasteiger partial charge in [-0.2, -0.15) is 11.3 Å². The van der Waals surface area contributed by atoms with Gasteiger partial charge in [0.2, 0.25) is 11.8 Å². The van der Waals surface area contributed by atoms with Crippen LogP contribution in [0.2, 0.25) is 0 Å². The molecule has 1 N–H and O–H groups in total. The SMILES string of the molecule is CC[C@]1(C(=O)NCc2ccccn2)C[C@H]2CC[C@@H]1N2C(=O)CCc1ccsc1. The summed E-state index contributed by atoms with van der Waals surface area (Å²) >= 11 is 1.66. The van der Waals surface area contributed by atoms with E-state index in [1.807, 2.05) is 23.6 Å². The van der Waals surface area contributed by atoms with Crippen LogP contribution >= 0.6 is 11.3 Å². The highest BCUT2D eigenvalue weighted by Gasteiger charge is 2.59. The molecule has 2 aromatic heterocycles. The minimum atomic E-state index is -0.463. The number of pyridine rings is 1. The van der Waals surface area contributed by atoms with E-state index in [0.29, 0.717) is 13.0 Å². The summed E-state index contributed by atoms with van der Waals surface area (Å²) in [5, 5.41) is 7.25. The number of carbonyl (C=O) groups is 2. The molecule has 2 fully saturated rings. The Balaban J connectivity index is 1.43. The fourth-order valence-corrected chi connectivity index (χ4v) is 5.71. The van der Waals surface area contributed by atoms with Crippen molar-refractivity contribution in [2.45, 2.75) is 64.1 Å². The summed E-state index contributed by atoms with van der Waals surface area (Å²) in [4.78, 5) is 32.5. The summed E-state index contributed by atoms with van der Waals surface area (Å²) in [5.41, 5.74) is 1.61. The molecule has 6 heteroatoms. The van der Waals surface area contributed by atoms with E-state index in [1.165, 1.54) is 5.56 Å². The van der Waals surface area contributed by atoms with E-state index in [0.717, 1.165) is 37.8 Å². The number of carbonyl (C=O) groups excluding carboxylic acids is 2. The van der Waals surface area contributed by atoms with Gasteiger partial charge in [-0.25, -0.2) is 0 Å². The number of hydrogen-bond acceptors (Lipinski definition) is 4. The number of amides is 2. The molecule has 2 amide bonds. The summed E-state index contributed by atoms with van der Waals surface area (Å²) in [7, 11) is 0. The molecule has 4 heterocycles. The van der Waals surface area contributed by atoms with Crippen molar-refractivity contribution in [2.75, 3.05) is 0 Å². The van der Waals surface area contributed by atoms with Crippen LogP contribution in [0.5, 0.6) is 0 Å². The molecule has 0 unspecified atom stereocenters. The minimum absolute atomic E-state index is 0.0289. The first-order chi connectivity index (χ1) is 13.6. The largest absolute Gasteiger partial charge is 0.350 e. The average molecular weight is 398 g/mol. The van der Waals surface area contributed by atoms with Crippen LogP contribution < -0.4 is 5.32 Å². The van der Waals surface area contributed by atoms with Crippen molar-refractivity contribution in [3.05, 3.63) is 52.5 Å². The molecule has 148 valence electrons. The van der Waals surface area contributed by atoms with Crippen LogP contribution in [0.25, 0.3) is 0 Å². The Morgan fingerprint density at radius 2 is 2.21 bits per heavy atom. The van der Waals surface area contributed by atoms with Crippen LogP contribution in [-0.4, -0.2) is 33.8 Å². The average Bonchev–Trinajstić information content (AvgIpc) is 3.46. The molecule has 3 atom stereocenters. The van der Waals surface area contributed by atoms with Gasteiger partial charge in [0.15, 0.2) is 0 Å². The summed E-state index contributed by atoms with van der Waals surface area (Å²) in [6.07, 6.45) is 6.54. The van der Waals surface area contributed by atoms with Crippen molar-refractivity contribution in [3.63, 3.8) is 0 Å². The Morgan fingerprint density at radius 1 is 1.32 bits per heavy atom. The Morgan fingerprint density at radius 3 is 2.93 bits per heavy atom. The number of fused-ring (bicyclic) bond motifs is 2. The van der Waals surface area contributed by atoms with Crippen LogP contribution in [-0.2, 0) is 22.6 Å². The first kappa shape index (κ1) is 19.1. The third kappa shape index (κ3) is 3.46. The Labute approximate surface area is 170 Å². The number of rotatable bonds is 7. The van der Waals surface area contributed by atoms with Gasteiger partial charge in [-0.1, -0.05) is 13.0 Å². The van der Waals surface area contributed by atoms with Crippen LogP contribution in [0, 0.1) is 5.41 Å². The number of aromatic nitrogens is 1. The molecule has 2 aromatic rings. The molecule has 0 radical (unpaired) electrons. The van der Waals surface area contributed by atoms with Gasteiger partial charge in [0.25, 0.3) is 0 Å². The van der Waals surface area contributed by atoms with E-state index in [4.69, 9.17) is 0 Å². The summed E-state index contributed by atoms with van der Waals surface area (Å²) < 4.78 is 0. The lowest BCUT2D eigenvalue weighted by Crippen LogP contribution is -2.49. The second kappa shape index (κ2) is 8.03. The minimum Gasteiger partial charge on any atom is -0.350 e. The first-order valence-electron chi connectivity index (χ1n) is 10.1. The molecule has 2 aliphatic heterocycles. The van der Waals surface area contributed by atoms with Crippen LogP contribution in [0.4, 0.5) is 0 Å². The molecule has 4 rings (SSSR count). The molecule has 0 saturated carbocycles. The zero-order valence-electron chi connectivity index (χ0n) is 16.3. The zero-order chi connectivity index (χ0) is 19.6. The lowest BCUT2D eigenvalue weighted by molar-refractivity contribution is -0.137. The molecule has 0 aliphatic carbocycles. The normalized spacial score (nSPS) is 25.8. The maximum Gasteiger partial charge on any atom is 0.228 e. The van der Waals surface area contributed by atoms with E-state index >= 15 is 0 Å². The monoisotopic (exact) mass is 397 g/mol. The van der Waals surface area contributed by atoms with Crippen molar-refractivity contribution in [1.29, 1.82) is 0 Å². The lowest BCUT2D eigenvalue weighted by atomic mass is 9.71. The molecule has 28 heavy (non-hydrogen) atoms. The van der Waals surface area contributed by atoms with Crippen molar-refractivity contribution in [2.24, 2.45) is 5.41 Å². The lowest BCUT2D eigenvalue weighted by Gasteiger charge is -2.35. The van der Waals surface area contributed by atoms with Crippen molar-refractivity contribution < 1.29 is 9.59 Å². The summed E-state index contributed by atoms with van der Waals surface area (Å²) in [6, 6.07) is 8.03. The van der Waals surface area contributed by atoms with Crippen molar-refractivity contribution >= 4 is 23.2 Å². The number of hydrogen-bond donors (Lipinski definition) is 1. The standard InChI is InChI=1S/C22H27N3O2S/c1-2-22(21(27)24-14-17-5-3-4-11-23-17)13-18-7-8-19(22)25(18)20(26)9-6-16-10-12-28-15-16/h3-5,10-12,15,18-19H,2,6-9,13-14H2,1H3,(H,24,27)/t18-,19+,22+/m1/s1. The van der Waals surface area contributed by atoms with Crippen LogP contribution in [0.3, 0.4) is 0 Å². The second-order valence-corrected chi connectivity index (χ2v) is 8.68. The van der Waals surface area contributed by atoms with Gasteiger partial charge in [-0.15, -0.1) is 0 Å². The number of thiophene rings is 1. The predicted molar refractivity (Wildman–Crippen MR) is 110 cm³/mol. The topological polar surface area (TPSA) is 62.3 Å². The van der Waals surface area contributed by atoms with Crippen LogP contribution in [0.15, 0.2) is 41.2 Å². The van der Waals surface area contributed by atoms with Crippen molar-refractivity contribution in [3.8, 4) is 0 Å². The van der Waals surface area contributed by atoms with Gasteiger partial charge in [-0.3, -0.25) is 14.6 Å². The van der Waals surface area contributed by atoms with E-state index < -0.39 is 5.41 Å². The molecular formula is C22H27N3O2S. The Bertz CT molecular complexity index is 824. The van der Waals surface area contributed by atoms with Gasteiger partial charge < -0.3 is 10.2 Å². The highest BCUT2D eigenvalue weighted by atomic mass is 32.1. The molecule has 5 nitrogen and oxygen atoms in total. The third-order valence-corrected chi connectivity index (χ3v) is 7.21. The van der Waals surface area contributed by atoms with Gasteiger partial charge in [0, 0.05) is 24.7 Å². The van der Waals surface area contributed by atoms with E-state index in [1.54, 1.807) is 17.5 Å². The third-order valence-electron chi connectivity index (χ3n) is 6.48. The summed E-state index contributed by atoms with van der Waals surface area (Å²) in [5.74, 6) is 0.273. The molecule has 2 bridgehead atoms. The van der Waals surface area contributed by atoms with E-state index in [9.17, 15) is 9.59 Å². The molecular weight excluding hydrogens is 370 g/mol. The van der Waals surface area contributed by atoms with Gasteiger partial charge in [0.05, 0.1) is 17.7 Å². The van der Waals surface area contributed by atoms with Gasteiger partial charge >= 0.3 is 0 Å². The number of nitrogens with one attached hydrogen (secondary N) is 1. The Kier molecular flexibility index (Phi) is 5.49. The maximum absolute atomic E-state index is 13.2. The molecule has 0 aromatic carbocycles. The first-order valence-corrected chi connectivity index (χ1v) is 11.1. The van der Waals surface area contributed by atoms with Gasteiger partial charge in [-0.05, 0) is 66.6 Å². The fourth-order valence-electron chi connectivity index (χ4n) is 5.01. The maximum atomic E-state index is 13.2. The fraction of sp³-hybridized carbons (Fsp3) is 0.500. The van der Waals surface area contributed by atoms with Gasteiger partial charge in [0.1, 0.15) is 0 Å². The molecule has 2 saturated heterocycles. The Hall–Kier alpha value is -2.21. The smallest absolute Gasteiger partial charge is 0.228 e. The summed E-state index contributed by atoms with van der Waals surface area (Å²) in [6.45, 7) is 2.51. The van der Waals surface area contributed by atoms with E-state index in [-0.39, 0.29) is 23.9 Å². The van der Waals surface area contributed by atoms with E-state index in [2.05, 4.69) is 33.6 Å². The van der Waals surface area contributed by atoms with Crippen molar-refractivity contribution in [1.82, 2.24) is 15.2 Å². The number of aryl methyl sites for hydroxylation is 1. The second-order valence-electron chi connectivity index (χ2n) is 7.90. The number of nitrogens with zero attached hydrogens (tertiary/aromatic N) is 2. The zero-order valence-corrected chi connectivity index (χ0v) is 17.1. The molecule has 2 aliphatic rings. The quantitative estimate of drug-likeness (QED) is 0.777. The van der Waals surface area contributed by atoms with Crippen LogP contribution in [0.1, 0.15) is 50.3 Å². The highest BCUT2D eigenvalue weighted by molar-refractivity contribution is 7.07.